The molecule has 1 amide bonds. The van der Waals surface area contributed by atoms with Gasteiger partial charge in [0, 0.05) is 39.2 Å². The van der Waals surface area contributed by atoms with Crippen molar-refractivity contribution in [2.75, 3.05) is 31.3 Å². The lowest BCUT2D eigenvalue weighted by Crippen LogP contribution is -2.43. The number of halogens is 2. The Labute approximate surface area is 110 Å². The van der Waals surface area contributed by atoms with Crippen LogP contribution in [-0.2, 0) is 4.79 Å². The minimum absolute atomic E-state index is 0.00139. The molecule has 0 aliphatic carbocycles. The monoisotopic (exact) mass is 270 g/mol. The Morgan fingerprint density at radius 3 is 2.68 bits per heavy atom. The molecule has 1 unspecified atom stereocenters. The zero-order valence-corrected chi connectivity index (χ0v) is 10.8. The predicted molar refractivity (Wildman–Crippen MR) is 68.0 cm³/mol. The summed E-state index contributed by atoms with van der Waals surface area (Å²) in [6.45, 7) is 0.478. The first-order chi connectivity index (χ1) is 9.01. The Kier molecular flexibility index (Phi) is 3.82. The normalized spacial score (nSPS) is 19.5. The SMILES string of the molecule is CNc1nc(NC2CCC(=O)N(C)C2)c(F)cc1F. The van der Waals surface area contributed by atoms with Gasteiger partial charge in [-0.2, -0.15) is 0 Å². The second-order valence-electron chi connectivity index (χ2n) is 4.55. The van der Waals surface area contributed by atoms with Crippen LogP contribution in [0.2, 0.25) is 0 Å². The van der Waals surface area contributed by atoms with Gasteiger partial charge in [0.05, 0.1) is 0 Å². The van der Waals surface area contributed by atoms with Gasteiger partial charge >= 0.3 is 0 Å². The number of amides is 1. The lowest BCUT2D eigenvalue weighted by atomic mass is 10.1. The molecule has 0 aromatic carbocycles. The highest BCUT2D eigenvalue weighted by Crippen LogP contribution is 2.21. The molecule has 104 valence electrons. The number of rotatable bonds is 3. The smallest absolute Gasteiger partial charge is 0.222 e. The zero-order chi connectivity index (χ0) is 14.0. The van der Waals surface area contributed by atoms with Gasteiger partial charge in [-0.25, -0.2) is 13.8 Å². The highest BCUT2D eigenvalue weighted by Gasteiger charge is 2.24. The largest absolute Gasteiger partial charge is 0.371 e. The van der Waals surface area contributed by atoms with Crippen LogP contribution in [0, 0.1) is 11.6 Å². The number of nitrogens with zero attached hydrogens (tertiary/aromatic N) is 2. The standard InChI is InChI=1S/C12H16F2N4O/c1-15-11-8(13)5-9(14)12(17-11)16-7-3-4-10(19)18(2)6-7/h5,7H,3-4,6H2,1-2H3,(H2,15,16,17). The fraction of sp³-hybridized carbons (Fsp3) is 0.500. The van der Waals surface area contributed by atoms with Crippen LogP contribution in [0.3, 0.4) is 0 Å². The summed E-state index contributed by atoms with van der Waals surface area (Å²) in [6.07, 6.45) is 1.02. The van der Waals surface area contributed by atoms with Crippen molar-refractivity contribution in [3.63, 3.8) is 0 Å². The first kappa shape index (κ1) is 13.5. The quantitative estimate of drug-likeness (QED) is 0.872. The second kappa shape index (κ2) is 5.38. The molecule has 5 nitrogen and oxygen atoms in total. The number of likely N-dealkylation sites (tertiary alicyclic amines) is 1. The van der Waals surface area contributed by atoms with Crippen molar-refractivity contribution in [3.05, 3.63) is 17.7 Å². The van der Waals surface area contributed by atoms with E-state index in [9.17, 15) is 13.6 Å². The van der Waals surface area contributed by atoms with E-state index in [4.69, 9.17) is 0 Å². The van der Waals surface area contributed by atoms with E-state index >= 15 is 0 Å². The molecule has 2 N–H and O–H groups in total. The highest BCUT2D eigenvalue weighted by atomic mass is 19.1. The van der Waals surface area contributed by atoms with Crippen molar-refractivity contribution in [1.82, 2.24) is 9.88 Å². The van der Waals surface area contributed by atoms with Gasteiger partial charge in [-0.05, 0) is 6.42 Å². The number of aromatic nitrogens is 1. The van der Waals surface area contributed by atoms with E-state index in [-0.39, 0.29) is 23.6 Å². The van der Waals surface area contributed by atoms with Crippen molar-refractivity contribution in [2.45, 2.75) is 18.9 Å². The van der Waals surface area contributed by atoms with E-state index in [0.29, 0.717) is 19.4 Å². The Balaban J connectivity index is 2.13. The van der Waals surface area contributed by atoms with Crippen molar-refractivity contribution < 1.29 is 13.6 Å². The average molecular weight is 270 g/mol. The number of carbonyl (C=O) groups excluding carboxylic acids is 1. The predicted octanol–water partition coefficient (Wildman–Crippen LogP) is 1.43. The first-order valence-electron chi connectivity index (χ1n) is 6.05. The number of nitrogens with one attached hydrogen (secondary N) is 2. The van der Waals surface area contributed by atoms with Crippen LogP contribution in [0.15, 0.2) is 6.07 Å². The molecule has 2 rings (SSSR count). The Hall–Kier alpha value is -1.92. The maximum absolute atomic E-state index is 13.6. The number of pyridine rings is 1. The Morgan fingerprint density at radius 1 is 1.37 bits per heavy atom. The molecule has 0 spiro atoms. The van der Waals surface area contributed by atoms with Gasteiger partial charge in [-0.3, -0.25) is 4.79 Å². The van der Waals surface area contributed by atoms with Crippen LogP contribution in [0.5, 0.6) is 0 Å². The summed E-state index contributed by atoms with van der Waals surface area (Å²) in [5, 5.41) is 5.47. The van der Waals surface area contributed by atoms with Crippen LogP contribution in [-0.4, -0.2) is 42.5 Å². The lowest BCUT2D eigenvalue weighted by Gasteiger charge is -2.30. The summed E-state index contributed by atoms with van der Waals surface area (Å²) < 4.78 is 26.9. The molecule has 7 heteroatoms. The van der Waals surface area contributed by atoms with Crippen molar-refractivity contribution in [1.29, 1.82) is 0 Å². The molecule has 19 heavy (non-hydrogen) atoms. The van der Waals surface area contributed by atoms with E-state index in [0.717, 1.165) is 6.07 Å². The summed E-state index contributed by atoms with van der Waals surface area (Å²) in [5.74, 6) is -1.42. The molecule has 1 saturated heterocycles. The van der Waals surface area contributed by atoms with E-state index in [1.807, 2.05) is 0 Å². The summed E-state index contributed by atoms with van der Waals surface area (Å²) in [4.78, 5) is 16.8. The molecule has 1 aromatic rings. The minimum Gasteiger partial charge on any atom is -0.371 e. The molecule has 1 aromatic heterocycles. The van der Waals surface area contributed by atoms with Gasteiger partial charge in [0.1, 0.15) is 0 Å². The van der Waals surface area contributed by atoms with Gasteiger partial charge in [0.25, 0.3) is 0 Å². The molecular formula is C12H16F2N4O. The number of carbonyl (C=O) groups is 1. The Morgan fingerprint density at radius 2 is 2.05 bits per heavy atom. The van der Waals surface area contributed by atoms with Crippen LogP contribution in [0.25, 0.3) is 0 Å². The lowest BCUT2D eigenvalue weighted by molar-refractivity contribution is -0.132. The van der Waals surface area contributed by atoms with Gasteiger partial charge < -0.3 is 15.5 Å². The summed E-state index contributed by atoms with van der Waals surface area (Å²) in [6, 6.07) is 0.707. The molecule has 1 fully saturated rings. The van der Waals surface area contributed by atoms with E-state index < -0.39 is 11.6 Å². The number of likely N-dealkylation sites (N-methyl/N-ethyl adjacent to an activating group) is 1. The topological polar surface area (TPSA) is 57.3 Å². The maximum Gasteiger partial charge on any atom is 0.222 e. The third-order valence-electron chi connectivity index (χ3n) is 3.13. The van der Waals surface area contributed by atoms with E-state index in [2.05, 4.69) is 15.6 Å². The first-order valence-corrected chi connectivity index (χ1v) is 6.05. The molecule has 2 heterocycles. The number of hydrogen-bond donors (Lipinski definition) is 2. The summed E-state index contributed by atoms with van der Waals surface area (Å²) in [7, 11) is 3.21. The Bertz CT molecular complexity index is 495. The molecule has 1 aliphatic rings. The number of hydrogen-bond acceptors (Lipinski definition) is 4. The van der Waals surface area contributed by atoms with Crippen LogP contribution in [0.1, 0.15) is 12.8 Å². The number of piperidine rings is 1. The van der Waals surface area contributed by atoms with Crippen molar-refractivity contribution >= 4 is 17.5 Å². The number of anilines is 2. The third-order valence-corrected chi connectivity index (χ3v) is 3.13. The van der Waals surface area contributed by atoms with E-state index in [1.165, 1.54) is 7.05 Å². The van der Waals surface area contributed by atoms with Crippen LogP contribution < -0.4 is 10.6 Å². The molecule has 1 aliphatic heterocycles. The zero-order valence-electron chi connectivity index (χ0n) is 10.8. The van der Waals surface area contributed by atoms with Gasteiger partial charge in [0.2, 0.25) is 5.91 Å². The maximum atomic E-state index is 13.6. The fourth-order valence-corrected chi connectivity index (χ4v) is 2.07. The molecule has 0 saturated carbocycles. The van der Waals surface area contributed by atoms with E-state index in [1.54, 1.807) is 11.9 Å². The minimum atomic E-state index is -0.740. The van der Waals surface area contributed by atoms with Gasteiger partial charge in [-0.1, -0.05) is 0 Å². The summed E-state index contributed by atoms with van der Waals surface area (Å²) >= 11 is 0. The van der Waals surface area contributed by atoms with Crippen LogP contribution in [0.4, 0.5) is 20.4 Å². The summed E-state index contributed by atoms with van der Waals surface area (Å²) in [5.41, 5.74) is 0. The molecule has 0 radical (unpaired) electrons. The molecular weight excluding hydrogens is 254 g/mol. The average Bonchev–Trinajstić information content (AvgIpc) is 2.37. The van der Waals surface area contributed by atoms with Gasteiger partial charge in [0.15, 0.2) is 23.3 Å². The van der Waals surface area contributed by atoms with Crippen LogP contribution >= 0.6 is 0 Å². The molecule has 0 bridgehead atoms. The second-order valence-corrected chi connectivity index (χ2v) is 4.55. The molecule has 1 atom stereocenters. The fourth-order valence-electron chi connectivity index (χ4n) is 2.07. The van der Waals surface area contributed by atoms with Crippen molar-refractivity contribution in [2.24, 2.45) is 0 Å². The third kappa shape index (κ3) is 2.91. The van der Waals surface area contributed by atoms with Crippen molar-refractivity contribution in [3.8, 4) is 0 Å². The highest BCUT2D eigenvalue weighted by molar-refractivity contribution is 5.77. The van der Waals surface area contributed by atoms with Gasteiger partial charge in [-0.15, -0.1) is 0 Å².